The number of halogens is 1. The molecule has 0 saturated carbocycles. The summed E-state index contributed by atoms with van der Waals surface area (Å²) in [4.78, 5) is 14.9. The summed E-state index contributed by atoms with van der Waals surface area (Å²) in [5.74, 6) is -0.424. The third-order valence-corrected chi connectivity index (χ3v) is 2.61. The van der Waals surface area contributed by atoms with Gasteiger partial charge in [0.25, 0.3) is 0 Å². The topological polar surface area (TPSA) is 38.7 Å². The maximum atomic E-state index is 10.8. The van der Waals surface area contributed by atoms with E-state index in [9.17, 15) is 4.79 Å². The van der Waals surface area contributed by atoms with Crippen molar-refractivity contribution in [3.63, 3.8) is 0 Å². The van der Waals surface area contributed by atoms with Crippen molar-refractivity contribution >= 4 is 34.8 Å². The fraction of sp³-hybridized carbons (Fsp3) is 0.273. The highest BCUT2D eigenvalue weighted by atomic mass is 127. The molecule has 15 heavy (non-hydrogen) atoms. The van der Waals surface area contributed by atoms with Crippen LogP contribution < -0.4 is 0 Å². The summed E-state index contributed by atoms with van der Waals surface area (Å²) in [6.07, 6.45) is 1.21. The summed E-state index contributed by atoms with van der Waals surface area (Å²) >= 11 is 2.24. The van der Waals surface area contributed by atoms with Gasteiger partial charge in [0.15, 0.2) is 0 Å². The van der Waals surface area contributed by atoms with E-state index in [-0.39, 0.29) is 6.04 Å². The predicted octanol–water partition coefficient (Wildman–Crippen LogP) is 2.60. The van der Waals surface area contributed by atoms with Crippen LogP contribution in [0.3, 0.4) is 0 Å². The van der Waals surface area contributed by atoms with Gasteiger partial charge in [-0.3, -0.25) is 4.99 Å². The second-order valence-electron chi connectivity index (χ2n) is 3.03. The van der Waals surface area contributed by atoms with Crippen LogP contribution in [-0.4, -0.2) is 19.3 Å². The Morgan fingerprint density at radius 2 is 2.33 bits per heavy atom. The molecule has 0 radical (unpaired) electrons. The van der Waals surface area contributed by atoms with Gasteiger partial charge in [0.05, 0.1) is 13.2 Å². The first-order valence-electron chi connectivity index (χ1n) is 4.50. The van der Waals surface area contributed by atoms with Gasteiger partial charge in [0, 0.05) is 3.57 Å². The van der Waals surface area contributed by atoms with Crippen LogP contribution in [0.25, 0.3) is 0 Å². The molecule has 0 aliphatic heterocycles. The molecule has 0 fully saturated rings. The summed E-state index contributed by atoms with van der Waals surface area (Å²) in [7, 11) is 1.34. The highest BCUT2D eigenvalue weighted by Crippen LogP contribution is 2.18. The minimum Gasteiger partial charge on any atom is -0.465 e. The Morgan fingerprint density at radius 3 is 2.93 bits per heavy atom. The Kier molecular flexibility index (Phi) is 4.74. The number of rotatable bonds is 3. The van der Waals surface area contributed by atoms with Crippen molar-refractivity contribution in [2.45, 2.75) is 13.0 Å². The maximum absolute atomic E-state index is 10.8. The van der Waals surface area contributed by atoms with E-state index in [1.165, 1.54) is 13.3 Å². The number of benzene rings is 1. The molecule has 3 nitrogen and oxygen atoms in total. The monoisotopic (exact) mass is 317 g/mol. The quantitative estimate of drug-likeness (QED) is 0.488. The first-order chi connectivity index (χ1) is 7.13. The molecule has 0 spiro atoms. The van der Waals surface area contributed by atoms with Gasteiger partial charge >= 0.3 is 5.97 Å². The molecule has 0 aliphatic rings. The lowest BCUT2D eigenvalue weighted by atomic mass is 10.1. The Balaban J connectivity index is 2.73. The fourth-order valence-corrected chi connectivity index (χ4v) is 1.65. The highest BCUT2D eigenvalue weighted by molar-refractivity contribution is 14.1. The van der Waals surface area contributed by atoms with Gasteiger partial charge in [-0.15, -0.1) is 0 Å². The minimum absolute atomic E-state index is 0.0289. The zero-order valence-corrected chi connectivity index (χ0v) is 10.8. The van der Waals surface area contributed by atoms with Crippen LogP contribution in [0, 0.1) is 3.57 Å². The van der Waals surface area contributed by atoms with Crippen LogP contribution in [0.5, 0.6) is 0 Å². The van der Waals surface area contributed by atoms with Gasteiger partial charge in [-0.25, -0.2) is 4.79 Å². The van der Waals surface area contributed by atoms with Crippen molar-refractivity contribution < 1.29 is 9.53 Å². The number of hydrogen-bond donors (Lipinski definition) is 0. The molecule has 0 heterocycles. The number of carbonyl (C=O) groups excluding carboxylic acids is 1. The third kappa shape index (κ3) is 3.99. The third-order valence-electron chi connectivity index (χ3n) is 1.94. The molecule has 0 N–H and O–H groups in total. The molecule has 1 rings (SSSR count). The van der Waals surface area contributed by atoms with Crippen molar-refractivity contribution in [1.82, 2.24) is 0 Å². The van der Waals surface area contributed by atoms with E-state index in [0.717, 1.165) is 9.13 Å². The van der Waals surface area contributed by atoms with Crippen LogP contribution in [0.4, 0.5) is 0 Å². The van der Waals surface area contributed by atoms with Crippen molar-refractivity contribution in [2.75, 3.05) is 7.11 Å². The van der Waals surface area contributed by atoms with Gasteiger partial charge in [0.2, 0.25) is 0 Å². The van der Waals surface area contributed by atoms with Crippen LogP contribution in [0.2, 0.25) is 0 Å². The highest BCUT2D eigenvalue weighted by Gasteiger charge is 2.03. The van der Waals surface area contributed by atoms with E-state index in [1.807, 2.05) is 31.2 Å². The summed E-state index contributed by atoms with van der Waals surface area (Å²) in [6.45, 7) is 1.94. The molecule has 0 amide bonds. The molecule has 0 aromatic heterocycles. The van der Waals surface area contributed by atoms with Crippen molar-refractivity contribution in [1.29, 1.82) is 0 Å². The Morgan fingerprint density at radius 1 is 1.60 bits per heavy atom. The first kappa shape index (κ1) is 12.2. The molecular formula is C11H12INO2. The molecular weight excluding hydrogens is 305 g/mol. The molecule has 1 atom stereocenters. The lowest BCUT2D eigenvalue weighted by Crippen LogP contribution is -2.02. The number of aliphatic imine (C=N–C) groups is 1. The zero-order chi connectivity index (χ0) is 11.3. The van der Waals surface area contributed by atoms with Crippen LogP contribution in [0.1, 0.15) is 18.5 Å². The van der Waals surface area contributed by atoms with E-state index in [2.05, 4.69) is 32.3 Å². The standard InChI is InChI=1S/C11H12INO2/c1-8(13-7-11(14)15-2)9-4-3-5-10(12)6-9/h3-8H,1-2H3. The normalized spacial score (nSPS) is 12.7. The number of methoxy groups -OCH3 is 1. The number of nitrogens with zero attached hydrogens (tertiary/aromatic N) is 1. The van der Waals surface area contributed by atoms with Crippen molar-refractivity contribution in [2.24, 2.45) is 4.99 Å². The van der Waals surface area contributed by atoms with E-state index in [4.69, 9.17) is 0 Å². The summed E-state index contributed by atoms with van der Waals surface area (Å²) in [5, 5.41) is 0. The number of ether oxygens (including phenoxy) is 1. The molecule has 1 aromatic rings. The first-order valence-corrected chi connectivity index (χ1v) is 5.58. The summed E-state index contributed by atoms with van der Waals surface area (Å²) in [5.41, 5.74) is 1.09. The van der Waals surface area contributed by atoms with Crippen LogP contribution in [-0.2, 0) is 9.53 Å². The summed E-state index contributed by atoms with van der Waals surface area (Å²) in [6, 6.07) is 7.99. The number of carbonyl (C=O) groups is 1. The molecule has 1 unspecified atom stereocenters. The zero-order valence-electron chi connectivity index (χ0n) is 8.61. The molecule has 80 valence electrons. The average Bonchev–Trinajstić information content (AvgIpc) is 2.25. The van der Waals surface area contributed by atoms with E-state index in [1.54, 1.807) is 0 Å². The van der Waals surface area contributed by atoms with Gasteiger partial charge in [0.1, 0.15) is 6.21 Å². The predicted molar refractivity (Wildman–Crippen MR) is 68.1 cm³/mol. The fourth-order valence-electron chi connectivity index (χ4n) is 1.08. The average molecular weight is 317 g/mol. The van der Waals surface area contributed by atoms with Gasteiger partial charge in [-0.2, -0.15) is 0 Å². The van der Waals surface area contributed by atoms with E-state index < -0.39 is 5.97 Å². The van der Waals surface area contributed by atoms with Gasteiger partial charge in [-0.1, -0.05) is 12.1 Å². The molecule has 0 aliphatic carbocycles. The Bertz CT molecular complexity index is 377. The molecule has 4 heteroatoms. The second-order valence-corrected chi connectivity index (χ2v) is 4.28. The summed E-state index contributed by atoms with van der Waals surface area (Å²) < 4.78 is 5.63. The van der Waals surface area contributed by atoms with Crippen molar-refractivity contribution in [3.8, 4) is 0 Å². The molecule has 0 bridgehead atoms. The maximum Gasteiger partial charge on any atom is 0.348 e. The SMILES string of the molecule is COC(=O)C=NC(C)c1cccc(I)c1. The lowest BCUT2D eigenvalue weighted by Gasteiger charge is -2.06. The van der Waals surface area contributed by atoms with Gasteiger partial charge in [-0.05, 0) is 47.2 Å². The molecule has 0 saturated heterocycles. The van der Waals surface area contributed by atoms with Crippen LogP contribution in [0.15, 0.2) is 29.3 Å². The number of esters is 1. The number of hydrogen-bond acceptors (Lipinski definition) is 3. The Hall–Kier alpha value is -0.910. The van der Waals surface area contributed by atoms with Gasteiger partial charge < -0.3 is 4.74 Å². The minimum atomic E-state index is -0.424. The Labute approximate surface area is 103 Å². The second kappa shape index (κ2) is 5.85. The lowest BCUT2D eigenvalue weighted by molar-refractivity contribution is -0.132. The van der Waals surface area contributed by atoms with E-state index in [0.29, 0.717) is 0 Å². The largest absolute Gasteiger partial charge is 0.465 e. The van der Waals surface area contributed by atoms with E-state index >= 15 is 0 Å². The molecule has 1 aromatic carbocycles. The van der Waals surface area contributed by atoms with Crippen molar-refractivity contribution in [3.05, 3.63) is 33.4 Å². The smallest absolute Gasteiger partial charge is 0.348 e. The van der Waals surface area contributed by atoms with Crippen LogP contribution >= 0.6 is 22.6 Å².